The number of para-hydroxylation sites is 1. The predicted molar refractivity (Wildman–Crippen MR) is 116 cm³/mol. The van der Waals surface area contributed by atoms with Crippen molar-refractivity contribution in [3.8, 4) is 11.4 Å². The standard InChI is InChI=1S/C21H24N4OS2/c1-3-14-8-4-6-10-17(14)22-19(26)13-28-21-24-23-20(25(21)2)16-12-27-18-11-7-5-9-15(16)18/h4,6,8,10,12H,3,5,7,9,11,13H2,1-2H3,(H,22,26). The maximum atomic E-state index is 12.4. The number of nitrogens with zero attached hydrogens (tertiary/aromatic N) is 3. The lowest BCUT2D eigenvalue weighted by Crippen LogP contribution is -2.15. The molecule has 1 aromatic carbocycles. The number of anilines is 1. The molecule has 1 amide bonds. The fraction of sp³-hybridized carbons (Fsp3) is 0.381. The molecule has 28 heavy (non-hydrogen) atoms. The summed E-state index contributed by atoms with van der Waals surface area (Å²) in [5, 5.41) is 14.7. The number of benzene rings is 1. The second-order valence-electron chi connectivity index (χ2n) is 6.97. The number of nitrogens with one attached hydrogen (secondary N) is 1. The lowest BCUT2D eigenvalue weighted by atomic mass is 9.96. The van der Waals surface area contributed by atoms with Crippen LogP contribution < -0.4 is 5.32 Å². The van der Waals surface area contributed by atoms with Gasteiger partial charge in [0.15, 0.2) is 11.0 Å². The molecule has 0 aliphatic heterocycles. The van der Waals surface area contributed by atoms with Crippen molar-refractivity contribution < 1.29 is 4.79 Å². The molecular weight excluding hydrogens is 388 g/mol. The summed E-state index contributed by atoms with van der Waals surface area (Å²) in [7, 11) is 1.98. The smallest absolute Gasteiger partial charge is 0.234 e. The summed E-state index contributed by atoms with van der Waals surface area (Å²) in [5.74, 6) is 1.19. The number of aromatic nitrogens is 3. The van der Waals surface area contributed by atoms with Gasteiger partial charge in [-0.15, -0.1) is 21.5 Å². The molecule has 0 fully saturated rings. The summed E-state index contributed by atoms with van der Waals surface area (Å²) in [6.07, 6.45) is 5.72. The number of fused-ring (bicyclic) bond motifs is 1. The Hall–Kier alpha value is -2.12. The first-order chi connectivity index (χ1) is 13.7. The van der Waals surface area contributed by atoms with Crippen molar-refractivity contribution in [2.75, 3.05) is 11.1 Å². The van der Waals surface area contributed by atoms with Crippen LogP contribution in [0.3, 0.4) is 0 Å². The third kappa shape index (κ3) is 3.86. The Balaban J connectivity index is 1.44. The van der Waals surface area contributed by atoms with E-state index in [1.54, 1.807) is 0 Å². The van der Waals surface area contributed by atoms with Crippen molar-refractivity contribution in [3.63, 3.8) is 0 Å². The molecule has 0 atom stereocenters. The molecule has 0 spiro atoms. The van der Waals surface area contributed by atoms with Gasteiger partial charge < -0.3 is 9.88 Å². The highest BCUT2D eigenvalue weighted by Gasteiger charge is 2.21. The Labute approximate surface area is 173 Å². The number of amides is 1. The first-order valence-electron chi connectivity index (χ1n) is 9.67. The molecule has 1 aliphatic rings. The first kappa shape index (κ1) is 19.2. The number of thiophene rings is 1. The number of rotatable bonds is 6. The van der Waals surface area contributed by atoms with E-state index in [0.717, 1.165) is 35.1 Å². The highest BCUT2D eigenvalue weighted by molar-refractivity contribution is 7.99. The highest BCUT2D eigenvalue weighted by Crippen LogP contribution is 2.36. The van der Waals surface area contributed by atoms with Crippen LogP contribution in [0.2, 0.25) is 0 Å². The van der Waals surface area contributed by atoms with Crippen LogP contribution in [-0.2, 0) is 31.1 Å². The largest absolute Gasteiger partial charge is 0.325 e. The Bertz CT molecular complexity index is 992. The van der Waals surface area contributed by atoms with Crippen LogP contribution in [0, 0.1) is 0 Å². The quantitative estimate of drug-likeness (QED) is 0.596. The van der Waals surface area contributed by atoms with Crippen LogP contribution in [0.4, 0.5) is 5.69 Å². The maximum Gasteiger partial charge on any atom is 0.234 e. The summed E-state index contributed by atoms with van der Waals surface area (Å²) in [6, 6.07) is 7.92. The van der Waals surface area contributed by atoms with E-state index in [1.807, 2.05) is 47.2 Å². The molecule has 146 valence electrons. The number of thioether (sulfide) groups is 1. The minimum absolute atomic E-state index is 0.0247. The average molecular weight is 413 g/mol. The van der Waals surface area contributed by atoms with Gasteiger partial charge >= 0.3 is 0 Å². The van der Waals surface area contributed by atoms with Gasteiger partial charge in [0.1, 0.15) is 0 Å². The summed E-state index contributed by atoms with van der Waals surface area (Å²) < 4.78 is 2.01. The molecule has 7 heteroatoms. The summed E-state index contributed by atoms with van der Waals surface area (Å²) in [5.41, 5.74) is 4.68. The zero-order valence-corrected chi connectivity index (χ0v) is 17.8. The van der Waals surface area contributed by atoms with E-state index in [2.05, 4.69) is 27.8 Å². The van der Waals surface area contributed by atoms with Crippen molar-refractivity contribution >= 4 is 34.7 Å². The molecule has 5 nitrogen and oxygen atoms in total. The van der Waals surface area contributed by atoms with Crippen molar-refractivity contribution in [3.05, 3.63) is 45.6 Å². The summed E-state index contributed by atoms with van der Waals surface area (Å²) in [4.78, 5) is 13.9. The Morgan fingerprint density at radius 2 is 2.07 bits per heavy atom. The van der Waals surface area contributed by atoms with Gasteiger partial charge in [0.25, 0.3) is 0 Å². The molecule has 0 bridgehead atoms. The van der Waals surface area contributed by atoms with Crippen LogP contribution in [0.15, 0.2) is 34.8 Å². The zero-order chi connectivity index (χ0) is 19.5. The van der Waals surface area contributed by atoms with Crippen LogP contribution in [0.1, 0.15) is 35.8 Å². The monoisotopic (exact) mass is 412 g/mol. The number of carbonyl (C=O) groups is 1. The van der Waals surface area contributed by atoms with E-state index >= 15 is 0 Å². The van der Waals surface area contributed by atoms with E-state index < -0.39 is 0 Å². The van der Waals surface area contributed by atoms with E-state index in [0.29, 0.717) is 5.75 Å². The van der Waals surface area contributed by atoms with Gasteiger partial charge in [0.05, 0.1) is 5.75 Å². The van der Waals surface area contributed by atoms with Gasteiger partial charge in [0, 0.05) is 28.6 Å². The van der Waals surface area contributed by atoms with Crippen LogP contribution in [0.5, 0.6) is 0 Å². The number of aryl methyl sites for hydroxylation is 2. The van der Waals surface area contributed by atoms with E-state index in [9.17, 15) is 4.79 Å². The van der Waals surface area contributed by atoms with Gasteiger partial charge in [-0.3, -0.25) is 4.79 Å². The van der Waals surface area contributed by atoms with Crippen LogP contribution in [-0.4, -0.2) is 26.4 Å². The minimum atomic E-state index is -0.0247. The predicted octanol–water partition coefficient (Wildman–Crippen LogP) is 4.72. The lowest BCUT2D eigenvalue weighted by molar-refractivity contribution is -0.113. The Morgan fingerprint density at radius 3 is 2.93 bits per heavy atom. The Morgan fingerprint density at radius 1 is 1.25 bits per heavy atom. The zero-order valence-electron chi connectivity index (χ0n) is 16.2. The van der Waals surface area contributed by atoms with Crippen molar-refractivity contribution in [1.82, 2.24) is 14.8 Å². The van der Waals surface area contributed by atoms with Crippen molar-refractivity contribution in [1.29, 1.82) is 0 Å². The Kier molecular flexibility index (Phi) is 5.82. The summed E-state index contributed by atoms with van der Waals surface area (Å²) >= 11 is 3.26. The third-order valence-electron chi connectivity index (χ3n) is 5.14. The molecule has 0 radical (unpaired) electrons. The normalized spacial score (nSPS) is 13.4. The van der Waals surface area contributed by atoms with Crippen molar-refractivity contribution in [2.45, 2.75) is 44.2 Å². The fourth-order valence-corrected chi connectivity index (χ4v) is 5.46. The molecule has 0 saturated heterocycles. The molecule has 4 rings (SSSR count). The van der Waals surface area contributed by atoms with Crippen molar-refractivity contribution in [2.24, 2.45) is 7.05 Å². The summed E-state index contributed by atoms with van der Waals surface area (Å²) in [6.45, 7) is 2.09. The topological polar surface area (TPSA) is 59.8 Å². The molecule has 0 saturated carbocycles. The van der Waals surface area contributed by atoms with Crippen LogP contribution >= 0.6 is 23.1 Å². The number of carbonyl (C=O) groups excluding carboxylic acids is 1. The van der Waals surface area contributed by atoms with E-state index in [1.165, 1.54) is 47.0 Å². The van der Waals surface area contributed by atoms with Gasteiger partial charge in [-0.25, -0.2) is 0 Å². The van der Waals surface area contributed by atoms with Gasteiger partial charge in [0.2, 0.25) is 5.91 Å². The maximum absolute atomic E-state index is 12.4. The average Bonchev–Trinajstić information content (AvgIpc) is 3.30. The van der Waals surface area contributed by atoms with E-state index in [-0.39, 0.29) is 5.91 Å². The second kappa shape index (κ2) is 8.49. The molecule has 1 aliphatic carbocycles. The third-order valence-corrected chi connectivity index (χ3v) is 7.25. The van der Waals surface area contributed by atoms with Gasteiger partial charge in [-0.1, -0.05) is 36.9 Å². The molecule has 2 aromatic heterocycles. The first-order valence-corrected chi connectivity index (χ1v) is 11.5. The fourth-order valence-electron chi connectivity index (χ4n) is 3.62. The van der Waals surface area contributed by atoms with E-state index in [4.69, 9.17) is 0 Å². The number of hydrogen-bond acceptors (Lipinski definition) is 5. The van der Waals surface area contributed by atoms with Crippen LogP contribution in [0.25, 0.3) is 11.4 Å². The molecule has 2 heterocycles. The lowest BCUT2D eigenvalue weighted by Gasteiger charge is -2.12. The molecule has 3 aromatic rings. The SMILES string of the molecule is CCc1ccccc1NC(=O)CSc1nnc(-c2csc3c2CCCC3)n1C. The molecule has 1 N–H and O–H groups in total. The molecule has 0 unspecified atom stereocenters. The molecular formula is C21H24N4OS2. The second-order valence-corrected chi connectivity index (χ2v) is 8.88. The van der Waals surface area contributed by atoms with Gasteiger partial charge in [-0.05, 0) is 49.3 Å². The highest BCUT2D eigenvalue weighted by atomic mass is 32.2. The van der Waals surface area contributed by atoms with Gasteiger partial charge in [-0.2, -0.15) is 0 Å². The minimum Gasteiger partial charge on any atom is -0.325 e. The number of hydrogen-bond donors (Lipinski definition) is 1.